The van der Waals surface area contributed by atoms with Crippen molar-refractivity contribution in [2.24, 2.45) is 0 Å². The molecule has 1 saturated heterocycles. The number of aryl methyl sites for hydroxylation is 1. The average molecular weight is 279 g/mol. The number of carbonyl (C=O) groups excluding carboxylic acids is 1. The van der Waals surface area contributed by atoms with Crippen molar-refractivity contribution >= 4 is 17.4 Å². The fourth-order valence-electron chi connectivity index (χ4n) is 2.67. The molecule has 0 aromatic carbocycles. The predicted octanol–water partition coefficient (Wildman–Crippen LogP) is 1.41. The fraction of sp³-hybridized carbons (Fsp3) is 0.714. The van der Waals surface area contributed by atoms with Gasteiger partial charge in [0.25, 0.3) is 0 Å². The van der Waals surface area contributed by atoms with Crippen LogP contribution in [0.25, 0.3) is 0 Å². The lowest BCUT2D eigenvalue weighted by Gasteiger charge is -2.25. The van der Waals surface area contributed by atoms with Gasteiger partial charge in [-0.1, -0.05) is 0 Å². The Hall–Kier alpha value is -1.72. The first-order valence-corrected chi connectivity index (χ1v) is 7.27. The van der Waals surface area contributed by atoms with Gasteiger partial charge < -0.3 is 15.5 Å². The van der Waals surface area contributed by atoms with Crippen LogP contribution < -0.4 is 10.6 Å². The molecule has 0 spiro atoms. The van der Waals surface area contributed by atoms with Crippen molar-refractivity contribution in [2.75, 3.05) is 36.8 Å². The van der Waals surface area contributed by atoms with Crippen LogP contribution in [0.5, 0.6) is 0 Å². The second kappa shape index (κ2) is 5.73. The van der Waals surface area contributed by atoms with Gasteiger partial charge in [-0.05, 0) is 27.2 Å². The van der Waals surface area contributed by atoms with Crippen molar-refractivity contribution in [1.82, 2.24) is 14.7 Å². The Kier molecular flexibility index (Phi) is 4.20. The summed E-state index contributed by atoms with van der Waals surface area (Å²) in [5, 5.41) is 4.54. The Labute approximate surface area is 120 Å². The summed E-state index contributed by atoms with van der Waals surface area (Å²) in [4.78, 5) is 15.7. The van der Waals surface area contributed by atoms with E-state index in [9.17, 15) is 4.79 Å². The highest BCUT2D eigenvalue weighted by Crippen LogP contribution is 2.30. The highest BCUT2D eigenvalue weighted by molar-refractivity contribution is 5.73. The third-order valence-electron chi connectivity index (χ3n) is 3.84. The smallest absolute Gasteiger partial charge is 0.219 e. The molecule has 112 valence electrons. The van der Waals surface area contributed by atoms with Gasteiger partial charge in [-0.2, -0.15) is 5.10 Å². The Morgan fingerprint density at radius 1 is 1.25 bits per heavy atom. The van der Waals surface area contributed by atoms with Crippen LogP contribution in [-0.4, -0.2) is 46.8 Å². The normalized spacial score (nSPS) is 16.6. The van der Waals surface area contributed by atoms with Crippen LogP contribution in [-0.2, 0) is 4.79 Å². The van der Waals surface area contributed by atoms with E-state index in [1.807, 2.05) is 16.5 Å². The van der Waals surface area contributed by atoms with Gasteiger partial charge >= 0.3 is 0 Å². The standard InChI is InChI=1S/C14H25N5O/c1-10(2)19-14(13(15)11(3)16-19)18-7-5-6-17(8-9-18)12(4)20/h10H,5-9,15H2,1-4H3. The minimum Gasteiger partial charge on any atom is -0.394 e. The van der Waals surface area contributed by atoms with Crippen molar-refractivity contribution in [3.8, 4) is 0 Å². The molecule has 0 radical (unpaired) electrons. The lowest BCUT2D eigenvalue weighted by Crippen LogP contribution is -2.34. The maximum Gasteiger partial charge on any atom is 0.219 e. The van der Waals surface area contributed by atoms with Gasteiger partial charge in [0.05, 0.1) is 11.4 Å². The van der Waals surface area contributed by atoms with E-state index >= 15 is 0 Å². The van der Waals surface area contributed by atoms with Crippen LogP contribution in [0.1, 0.15) is 38.9 Å². The van der Waals surface area contributed by atoms with Gasteiger partial charge in [-0.15, -0.1) is 0 Å². The summed E-state index contributed by atoms with van der Waals surface area (Å²) < 4.78 is 1.99. The molecule has 0 unspecified atom stereocenters. The molecule has 1 aliphatic rings. The summed E-state index contributed by atoms with van der Waals surface area (Å²) >= 11 is 0. The van der Waals surface area contributed by atoms with E-state index < -0.39 is 0 Å². The zero-order chi connectivity index (χ0) is 14.9. The third kappa shape index (κ3) is 2.73. The zero-order valence-electron chi connectivity index (χ0n) is 12.9. The SMILES string of the molecule is CC(=O)N1CCCN(c2c(N)c(C)nn2C(C)C)CC1. The van der Waals surface area contributed by atoms with Crippen LogP contribution >= 0.6 is 0 Å². The van der Waals surface area contributed by atoms with Gasteiger partial charge in [0.1, 0.15) is 0 Å². The van der Waals surface area contributed by atoms with E-state index in [0.717, 1.165) is 49.8 Å². The summed E-state index contributed by atoms with van der Waals surface area (Å²) in [6.45, 7) is 11.1. The Balaban J connectivity index is 2.25. The van der Waals surface area contributed by atoms with Crippen molar-refractivity contribution in [3.63, 3.8) is 0 Å². The van der Waals surface area contributed by atoms with Crippen LogP contribution in [0, 0.1) is 6.92 Å². The zero-order valence-corrected chi connectivity index (χ0v) is 12.9. The van der Waals surface area contributed by atoms with E-state index in [-0.39, 0.29) is 11.9 Å². The fourth-order valence-corrected chi connectivity index (χ4v) is 2.67. The molecule has 0 bridgehead atoms. The molecular weight excluding hydrogens is 254 g/mol. The number of rotatable bonds is 2. The molecule has 1 aromatic heterocycles. The van der Waals surface area contributed by atoms with Gasteiger partial charge in [0.15, 0.2) is 5.82 Å². The minimum atomic E-state index is 0.147. The third-order valence-corrected chi connectivity index (χ3v) is 3.84. The van der Waals surface area contributed by atoms with Crippen LogP contribution in [0.4, 0.5) is 11.5 Å². The Morgan fingerprint density at radius 2 is 1.95 bits per heavy atom. The highest BCUT2D eigenvalue weighted by Gasteiger charge is 2.23. The first kappa shape index (κ1) is 14.7. The first-order chi connectivity index (χ1) is 9.41. The molecule has 2 rings (SSSR count). The largest absolute Gasteiger partial charge is 0.394 e. The van der Waals surface area contributed by atoms with Crippen LogP contribution in [0.2, 0.25) is 0 Å². The molecule has 1 amide bonds. The monoisotopic (exact) mass is 279 g/mol. The van der Waals surface area contributed by atoms with Crippen LogP contribution in [0.3, 0.4) is 0 Å². The quantitative estimate of drug-likeness (QED) is 0.889. The molecule has 1 aromatic rings. The summed E-state index contributed by atoms with van der Waals surface area (Å²) in [7, 11) is 0. The van der Waals surface area contributed by atoms with E-state index in [4.69, 9.17) is 5.73 Å². The Bertz CT molecular complexity index is 494. The molecule has 6 nitrogen and oxygen atoms in total. The number of carbonyl (C=O) groups is 1. The maximum atomic E-state index is 11.5. The van der Waals surface area contributed by atoms with Gasteiger partial charge in [0.2, 0.25) is 5.91 Å². The first-order valence-electron chi connectivity index (χ1n) is 7.27. The number of hydrogen-bond donors (Lipinski definition) is 1. The van der Waals surface area contributed by atoms with Crippen molar-refractivity contribution < 1.29 is 4.79 Å². The molecule has 2 N–H and O–H groups in total. The van der Waals surface area contributed by atoms with Crippen molar-refractivity contribution in [3.05, 3.63) is 5.69 Å². The predicted molar refractivity (Wildman–Crippen MR) is 80.8 cm³/mol. The lowest BCUT2D eigenvalue weighted by molar-refractivity contribution is -0.128. The van der Waals surface area contributed by atoms with E-state index in [1.54, 1.807) is 6.92 Å². The van der Waals surface area contributed by atoms with Crippen molar-refractivity contribution in [2.45, 2.75) is 40.2 Å². The molecule has 0 saturated carbocycles. The summed E-state index contributed by atoms with van der Waals surface area (Å²) in [6, 6.07) is 0.271. The number of anilines is 2. The van der Waals surface area contributed by atoms with Crippen LogP contribution in [0.15, 0.2) is 0 Å². The molecule has 2 heterocycles. The number of aromatic nitrogens is 2. The second-order valence-corrected chi connectivity index (χ2v) is 5.71. The van der Waals surface area contributed by atoms with E-state index in [0.29, 0.717) is 0 Å². The topological polar surface area (TPSA) is 67.4 Å². The number of amides is 1. The average Bonchev–Trinajstić information content (AvgIpc) is 2.57. The van der Waals surface area contributed by atoms with Gasteiger partial charge in [0, 0.05) is 39.1 Å². The molecule has 0 aliphatic carbocycles. The summed E-state index contributed by atoms with van der Waals surface area (Å²) in [6.07, 6.45) is 0.960. The number of nitrogens with two attached hydrogens (primary N) is 1. The van der Waals surface area contributed by atoms with E-state index in [2.05, 4.69) is 23.8 Å². The molecule has 20 heavy (non-hydrogen) atoms. The number of hydrogen-bond acceptors (Lipinski definition) is 4. The molecule has 6 heteroatoms. The van der Waals surface area contributed by atoms with Gasteiger partial charge in [-0.3, -0.25) is 4.79 Å². The Morgan fingerprint density at radius 3 is 2.55 bits per heavy atom. The summed E-state index contributed by atoms with van der Waals surface area (Å²) in [5.74, 6) is 1.15. The minimum absolute atomic E-state index is 0.147. The lowest BCUT2D eigenvalue weighted by atomic mass is 10.3. The number of nitrogen functional groups attached to an aromatic ring is 1. The molecule has 1 aliphatic heterocycles. The van der Waals surface area contributed by atoms with E-state index in [1.165, 1.54) is 0 Å². The molecule has 0 atom stereocenters. The second-order valence-electron chi connectivity index (χ2n) is 5.71. The number of nitrogens with zero attached hydrogens (tertiary/aromatic N) is 4. The van der Waals surface area contributed by atoms with Crippen molar-refractivity contribution in [1.29, 1.82) is 0 Å². The summed E-state index contributed by atoms with van der Waals surface area (Å²) in [5.41, 5.74) is 7.85. The molecular formula is C14H25N5O. The molecule has 1 fully saturated rings. The van der Waals surface area contributed by atoms with Gasteiger partial charge in [-0.25, -0.2) is 4.68 Å². The highest BCUT2D eigenvalue weighted by atomic mass is 16.2. The maximum absolute atomic E-state index is 11.5.